The summed E-state index contributed by atoms with van der Waals surface area (Å²) in [4.78, 5) is 30.7. The number of amides is 1. The van der Waals surface area contributed by atoms with E-state index in [2.05, 4.69) is 10.3 Å². The standard InChI is InChI=1S/C17H16ClN3O2S/c1-2-12-7-13-16(24-12)20-10-21(17(13)23)9-15(22)19-8-11-5-3-4-6-14(11)18/h3-7,10H,2,8-9H2,1H3,(H,19,22). The number of rotatable bonds is 5. The van der Waals surface area contributed by atoms with Crippen molar-refractivity contribution >= 4 is 39.1 Å². The Morgan fingerprint density at radius 1 is 1.38 bits per heavy atom. The number of hydrogen-bond donors (Lipinski definition) is 1. The van der Waals surface area contributed by atoms with Gasteiger partial charge in [-0.2, -0.15) is 0 Å². The zero-order chi connectivity index (χ0) is 17.1. The van der Waals surface area contributed by atoms with E-state index in [0.717, 1.165) is 16.9 Å². The third-order valence-corrected chi connectivity index (χ3v) is 5.22. The van der Waals surface area contributed by atoms with Crippen molar-refractivity contribution in [2.45, 2.75) is 26.4 Å². The molecule has 2 aromatic heterocycles. The van der Waals surface area contributed by atoms with Crippen molar-refractivity contribution in [3.8, 4) is 0 Å². The Bertz CT molecular complexity index is 948. The lowest BCUT2D eigenvalue weighted by atomic mass is 10.2. The van der Waals surface area contributed by atoms with Crippen LogP contribution < -0.4 is 10.9 Å². The van der Waals surface area contributed by atoms with Crippen LogP contribution in [0.5, 0.6) is 0 Å². The van der Waals surface area contributed by atoms with E-state index in [1.54, 1.807) is 6.07 Å². The van der Waals surface area contributed by atoms with Gasteiger partial charge >= 0.3 is 0 Å². The van der Waals surface area contributed by atoms with E-state index in [0.29, 0.717) is 21.8 Å². The van der Waals surface area contributed by atoms with Gasteiger partial charge in [0.05, 0.1) is 11.7 Å². The maximum atomic E-state index is 12.5. The highest BCUT2D eigenvalue weighted by Crippen LogP contribution is 2.21. The van der Waals surface area contributed by atoms with Crippen LogP contribution in [0.3, 0.4) is 0 Å². The van der Waals surface area contributed by atoms with Crippen LogP contribution in [0.1, 0.15) is 17.4 Å². The van der Waals surface area contributed by atoms with Crippen LogP contribution in [0.4, 0.5) is 0 Å². The quantitative estimate of drug-likeness (QED) is 0.759. The Hall–Kier alpha value is -2.18. The molecule has 1 aromatic carbocycles. The number of nitrogens with one attached hydrogen (secondary N) is 1. The second-order valence-corrected chi connectivity index (χ2v) is 6.85. The van der Waals surface area contributed by atoms with Crippen LogP contribution in [-0.4, -0.2) is 15.5 Å². The first-order chi connectivity index (χ1) is 11.6. The maximum absolute atomic E-state index is 12.5. The molecular weight excluding hydrogens is 346 g/mol. The SMILES string of the molecule is CCc1cc2c(=O)n(CC(=O)NCc3ccccc3Cl)cnc2s1. The molecule has 0 aliphatic heterocycles. The molecule has 7 heteroatoms. The van der Waals surface area contributed by atoms with Gasteiger partial charge in [-0.3, -0.25) is 14.2 Å². The lowest BCUT2D eigenvalue weighted by Crippen LogP contribution is -2.32. The van der Waals surface area contributed by atoms with Gasteiger partial charge in [-0.15, -0.1) is 11.3 Å². The smallest absolute Gasteiger partial charge is 0.262 e. The average Bonchev–Trinajstić information content (AvgIpc) is 3.01. The molecule has 24 heavy (non-hydrogen) atoms. The molecule has 2 heterocycles. The van der Waals surface area contributed by atoms with Crippen LogP contribution in [0.2, 0.25) is 5.02 Å². The molecule has 1 N–H and O–H groups in total. The first-order valence-electron chi connectivity index (χ1n) is 7.56. The summed E-state index contributed by atoms with van der Waals surface area (Å²) in [5, 5.41) is 3.94. The molecule has 0 aliphatic rings. The molecule has 3 aromatic rings. The van der Waals surface area contributed by atoms with Gasteiger partial charge in [-0.1, -0.05) is 36.7 Å². The van der Waals surface area contributed by atoms with Crippen LogP contribution in [-0.2, 0) is 24.3 Å². The number of thiophene rings is 1. The second kappa shape index (κ2) is 7.15. The van der Waals surface area contributed by atoms with Crippen molar-refractivity contribution in [3.05, 3.63) is 62.5 Å². The Morgan fingerprint density at radius 2 is 2.17 bits per heavy atom. The molecule has 0 aliphatic carbocycles. The minimum Gasteiger partial charge on any atom is -0.350 e. The second-order valence-electron chi connectivity index (χ2n) is 5.33. The number of carbonyl (C=O) groups excluding carboxylic acids is 1. The Balaban J connectivity index is 1.72. The van der Waals surface area contributed by atoms with Crippen molar-refractivity contribution in [1.29, 1.82) is 0 Å². The highest BCUT2D eigenvalue weighted by Gasteiger charge is 2.11. The number of nitrogens with zero attached hydrogens (tertiary/aromatic N) is 2. The number of hydrogen-bond acceptors (Lipinski definition) is 4. The van der Waals surface area contributed by atoms with Crippen molar-refractivity contribution < 1.29 is 4.79 Å². The van der Waals surface area contributed by atoms with Crippen LogP contribution >= 0.6 is 22.9 Å². The molecule has 5 nitrogen and oxygen atoms in total. The van der Waals surface area contributed by atoms with Gasteiger partial charge in [0.25, 0.3) is 5.56 Å². The van der Waals surface area contributed by atoms with Crippen LogP contribution in [0, 0.1) is 0 Å². The van der Waals surface area contributed by atoms with Gasteiger partial charge in [0.2, 0.25) is 5.91 Å². The van der Waals surface area contributed by atoms with Gasteiger partial charge in [-0.05, 0) is 24.1 Å². The third-order valence-electron chi connectivity index (χ3n) is 3.67. The number of carbonyl (C=O) groups is 1. The zero-order valence-corrected chi connectivity index (χ0v) is 14.7. The summed E-state index contributed by atoms with van der Waals surface area (Å²) in [5.41, 5.74) is 0.641. The number of halogens is 1. The van der Waals surface area contributed by atoms with E-state index in [1.807, 2.05) is 31.2 Å². The first kappa shape index (κ1) is 16.7. The van der Waals surface area contributed by atoms with Crippen molar-refractivity contribution in [2.24, 2.45) is 0 Å². The summed E-state index contributed by atoms with van der Waals surface area (Å²) in [6, 6.07) is 9.16. The minimum atomic E-state index is -0.260. The van der Waals surface area contributed by atoms with E-state index in [-0.39, 0.29) is 18.0 Å². The van der Waals surface area contributed by atoms with Gasteiger partial charge in [0.1, 0.15) is 11.4 Å². The fourth-order valence-corrected chi connectivity index (χ4v) is 3.47. The molecule has 0 saturated carbocycles. The van der Waals surface area contributed by atoms with Gasteiger partial charge in [0.15, 0.2) is 0 Å². The van der Waals surface area contributed by atoms with Gasteiger partial charge in [0, 0.05) is 16.4 Å². The van der Waals surface area contributed by atoms with Crippen molar-refractivity contribution in [1.82, 2.24) is 14.9 Å². The van der Waals surface area contributed by atoms with E-state index in [1.165, 1.54) is 22.2 Å². The van der Waals surface area contributed by atoms with Crippen molar-refractivity contribution in [3.63, 3.8) is 0 Å². The highest BCUT2D eigenvalue weighted by atomic mass is 35.5. The van der Waals surface area contributed by atoms with Crippen LogP contribution in [0.25, 0.3) is 10.2 Å². The van der Waals surface area contributed by atoms with E-state index < -0.39 is 0 Å². The molecular formula is C17H16ClN3O2S. The fraction of sp³-hybridized carbons (Fsp3) is 0.235. The van der Waals surface area contributed by atoms with Gasteiger partial charge in [-0.25, -0.2) is 4.98 Å². The summed E-state index contributed by atoms with van der Waals surface area (Å²) in [6.45, 7) is 2.29. The number of aromatic nitrogens is 2. The molecule has 0 saturated heterocycles. The van der Waals surface area contributed by atoms with Crippen LogP contribution in [0.15, 0.2) is 41.5 Å². The summed E-state index contributed by atoms with van der Waals surface area (Å²) in [6.07, 6.45) is 2.29. The largest absolute Gasteiger partial charge is 0.350 e. The molecule has 1 amide bonds. The minimum absolute atomic E-state index is 0.0659. The summed E-state index contributed by atoms with van der Waals surface area (Å²) in [7, 11) is 0. The summed E-state index contributed by atoms with van der Waals surface area (Å²) < 4.78 is 1.33. The Kier molecular flexibility index (Phi) is 4.97. The fourth-order valence-electron chi connectivity index (χ4n) is 2.34. The van der Waals surface area contributed by atoms with Crippen molar-refractivity contribution in [2.75, 3.05) is 0 Å². The molecule has 0 radical (unpaired) electrons. The average molecular weight is 362 g/mol. The predicted molar refractivity (Wildman–Crippen MR) is 96.6 cm³/mol. The van der Waals surface area contributed by atoms with Gasteiger partial charge < -0.3 is 5.32 Å². The lowest BCUT2D eigenvalue weighted by molar-refractivity contribution is -0.121. The lowest BCUT2D eigenvalue weighted by Gasteiger charge is -2.08. The topological polar surface area (TPSA) is 64.0 Å². The first-order valence-corrected chi connectivity index (χ1v) is 8.76. The summed E-state index contributed by atoms with van der Waals surface area (Å²) >= 11 is 7.57. The number of benzene rings is 1. The Labute approximate surface area is 147 Å². The molecule has 0 unspecified atom stereocenters. The molecule has 0 fully saturated rings. The zero-order valence-electron chi connectivity index (χ0n) is 13.1. The van der Waals surface area contributed by atoms with E-state index in [9.17, 15) is 9.59 Å². The molecule has 0 atom stereocenters. The highest BCUT2D eigenvalue weighted by molar-refractivity contribution is 7.18. The summed E-state index contributed by atoms with van der Waals surface area (Å²) in [5.74, 6) is -0.260. The maximum Gasteiger partial charge on any atom is 0.262 e. The normalized spacial score (nSPS) is 10.9. The number of aryl methyl sites for hydroxylation is 1. The molecule has 0 spiro atoms. The monoisotopic (exact) mass is 361 g/mol. The molecule has 0 bridgehead atoms. The third kappa shape index (κ3) is 3.49. The van der Waals surface area contributed by atoms with E-state index in [4.69, 9.17) is 11.6 Å². The molecule has 124 valence electrons. The van der Waals surface area contributed by atoms with E-state index >= 15 is 0 Å². The molecule has 3 rings (SSSR count). The Morgan fingerprint density at radius 3 is 2.92 bits per heavy atom. The number of fused-ring (bicyclic) bond motifs is 1. The predicted octanol–water partition coefficient (Wildman–Crippen LogP) is 2.99.